The second kappa shape index (κ2) is 6.64. The molecule has 0 aliphatic heterocycles. The fraction of sp³-hybridized carbons (Fsp3) is 0.125. The average molecular weight is 316 g/mol. The van der Waals surface area contributed by atoms with Gasteiger partial charge >= 0.3 is 5.97 Å². The van der Waals surface area contributed by atoms with E-state index in [0.29, 0.717) is 16.8 Å². The molecule has 5 N–H and O–H groups in total. The summed E-state index contributed by atoms with van der Waals surface area (Å²) in [6.07, 6.45) is 0. The van der Waals surface area contributed by atoms with Crippen molar-refractivity contribution in [2.45, 2.75) is 6.04 Å². The third kappa shape index (κ3) is 3.13. The van der Waals surface area contributed by atoms with Crippen molar-refractivity contribution in [3.63, 3.8) is 0 Å². The first-order chi connectivity index (χ1) is 10.5. The summed E-state index contributed by atoms with van der Waals surface area (Å²) in [5.41, 5.74) is 13.2. The molecule has 0 saturated carbocycles. The van der Waals surface area contributed by atoms with Crippen LogP contribution in [0.3, 0.4) is 0 Å². The van der Waals surface area contributed by atoms with Crippen molar-refractivity contribution in [2.75, 3.05) is 11.5 Å². The van der Waals surface area contributed by atoms with Gasteiger partial charge in [-0.2, -0.15) is 12.6 Å². The molecule has 6 heteroatoms. The number of carboxylic acid groups (broad SMARTS) is 1. The number of thiol groups is 1. The van der Waals surface area contributed by atoms with Gasteiger partial charge in [0, 0.05) is 17.0 Å². The third-order valence-corrected chi connectivity index (χ3v) is 3.69. The second-order valence-electron chi connectivity index (χ2n) is 4.81. The number of carbonyl (C=O) groups excluding carboxylic acids is 1. The summed E-state index contributed by atoms with van der Waals surface area (Å²) in [5.74, 6) is -1.49. The normalized spacial score (nSPS) is 11.9. The number of nitrogen functional groups attached to an aromatic ring is 1. The molecule has 114 valence electrons. The maximum Gasteiger partial charge on any atom is 0.336 e. The van der Waals surface area contributed by atoms with Gasteiger partial charge in [0.05, 0.1) is 11.6 Å². The maximum absolute atomic E-state index is 12.5. The molecule has 2 rings (SSSR count). The number of Topliss-reactive ketones (excluding diaryl/α,β-unsaturated/α-hetero) is 1. The largest absolute Gasteiger partial charge is 0.478 e. The van der Waals surface area contributed by atoms with Crippen LogP contribution in [0.25, 0.3) is 11.1 Å². The Kier molecular flexibility index (Phi) is 4.85. The Morgan fingerprint density at radius 1 is 1.14 bits per heavy atom. The molecule has 1 atom stereocenters. The van der Waals surface area contributed by atoms with E-state index in [1.807, 2.05) is 0 Å². The zero-order valence-electron chi connectivity index (χ0n) is 11.7. The minimum absolute atomic E-state index is 0.0726. The Balaban J connectivity index is 2.68. The number of carbonyl (C=O) groups is 2. The molecule has 0 spiro atoms. The van der Waals surface area contributed by atoms with E-state index in [2.05, 4.69) is 12.6 Å². The standard InChI is InChI=1S/C16H16N2O3S/c17-10-6-4-9(5-7-10)11-2-1-3-12(16(20)21)14(11)15(19)13(18)8-22/h1-7,13,22H,8,17-18H2,(H,20,21)/t13-/m0/s1. The van der Waals surface area contributed by atoms with E-state index >= 15 is 0 Å². The molecule has 0 aliphatic carbocycles. The van der Waals surface area contributed by atoms with Crippen LogP contribution in [0.5, 0.6) is 0 Å². The molecule has 0 bridgehead atoms. The summed E-state index contributed by atoms with van der Waals surface area (Å²) in [4.78, 5) is 23.9. The van der Waals surface area contributed by atoms with Crippen LogP contribution in [0.2, 0.25) is 0 Å². The molecule has 0 heterocycles. The summed E-state index contributed by atoms with van der Waals surface area (Å²) < 4.78 is 0. The van der Waals surface area contributed by atoms with Gasteiger partial charge in [-0.1, -0.05) is 24.3 Å². The molecule has 0 radical (unpaired) electrons. The average Bonchev–Trinajstić information content (AvgIpc) is 2.53. The minimum Gasteiger partial charge on any atom is -0.478 e. The monoisotopic (exact) mass is 316 g/mol. The molecule has 0 saturated heterocycles. The number of nitrogens with two attached hydrogens (primary N) is 2. The van der Waals surface area contributed by atoms with Crippen LogP contribution in [-0.4, -0.2) is 28.7 Å². The topological polar surface area (TPSA) is 106 Å². The number of anilines is 1. The van der Waals surface area contributed by atoms with Gasteiger partial charge < -0.3 is 16.6 Å². The first-order valence-electron chi connectivity index (χ1n) is 6.58. The zero-order valence-corrected chi connectivity index (χ0v) is 12.6. The van der Waals surface area contributed by atoms with Crippen molar-refractivity contribution in [1.82, 2.24) is 0 Å². The highest BCUT2D eigenvalue weighted by Gasteiger charge is 2.24. The van der Waals surface area contributed by atoms with Gasteiger partial charge in [-0.25, -0.2) is 4.79 Å². The highest BCUT2D eigenvalue weighted by molar-refractivity contribution is 7.80. The number of ketones is 1. The Labute approximate surface area is 133 Å². The molecule has 0 fully saturated rings. The van der Waals surface area contributed by atoms with E-state index in [4.69, 9.17) is 11.5 Å². The first-order valence-corrected chi connectivity index (χ1v) is 7.21. The molecular weight excluding hydrogens is 300 g/mol. The van der Waals surface area contributed by atoms with Crippen molar-refractivity contribution in [3.05, 3.63) is 53.6 Å². The quantitative estimate of drug-likeness (QED) is 0.384. The predicted octanol–water partition coefficient (Wildman–Crippen LogP) is 2.07. The number of hydrogen-bond donors (Lipinski definition) is 4. The number of benzene rings is 2. The lowest BCUT2D eigenvalue weighted by atomic mass is 9.90. The van der Waals surface area contributed by atoms with Crippen molar-refractivity contribution < 1.29 is 14.7 Å². The number of rotatable bonds is 5. The van der Waals surface area contributed by atoms with Gasteiger partial charge in [0.2, 0.25) is 0 Å². The summed E-state index contributed by atoms with van der Waals surface area (Å²) in [7, 11) is 0. The van der Waals surface area contributed by atoms with Gasteiger partial charge in [-0.3, -0.25) is 4.79 Å². The molecule has 2 aromatic carbocycles. The molecular formula is C16H16N2O3S. The third-order valence-electron chi connectivity index (χ3n) is 3.30. The second-order valence-corrected chi connectivity index (χ2v) is 5.17. The highest BCUT2D eigenvalue weighted by atomic mass is 32.1. The van der Waals surface area contributed by atoms with Crippen molar-refractivity contribution in [2.24, 2.45) is 5.73 Å². The van der Waals surface area contributed by atoms with Crippen molar-refractivity contribution >= 4 is 30.1 Å². The van der Waals surface area contributed by atoms with Crippen molar-refractivity contribution in [1.29, 1.82) is 0 Å². The zero-order chi connectivity index (χ0) is 16.3. The van der Waals surface area contributed by atoms with Crippen LogP contribution in [0.1, 0.15) is 20.7 Å². The Morgan fingerprint density at radius 3 is 2.32 bits per heavy atom. The Hall–Kier alpha value is -2.31. The summed E-state index contributed by atoms with van der Waals surface area (Å²) in [6, 6.07) is 10.7. The fourth-order valence-electron chi connectivity index (χ4n) is 2.17. The lowest BCUT2D eigenvalue weighted by Crippen LogP contribution is -2.33. The van der Waals surface area contributed by atoms with E-state index in [-0.39, 0.29) is 16.9 Å². The van der Waals surface area contributed by atoms with E-state index in [1.165, 1.54) is 6.07 Å². The van der Waals surface area contributed by atoms with Crippen LogP contribution in [0, 0.1) is 0 Å². The summed E-state index contributed by atoms with van der Waals surface area (Å²) >= 11 is 4.02. The summed E-state index contributed by atoms with van der Waals surface area (Å²) in [5, 5.41) is 9.35. The Bertz CT molecular complexity index is 714. The molecule has 0 unspecified atom stereocenters. The fourth-order valence-corrected chi connectivity index (χ4v) is 2.33. The van der Waals surface area contributed by atoms with Crippen molar-refractivity contribution in [3.8, 4) is 11.1 Å². The van der Waals surface area contributed by atoms with Gasteiger partial charge in [0.1, 0.15) is 0 Å². The summed E-state index contributed by atoms with van der Waals surface area (Å²) in [6.45, 7) is 0. The van der Waals surface area contributed by atoms with Crippen LogP contribution >= 0.6 is 12.6 Å². The van der Waals surface area contributed by atoms with Crippen LogP contribution < -0.4 is 11.5 Å². The molecule has 0 aromatic heterocycles. The number of hydrogen-bond acceptors (Lipinski definition) is 5. The number of carboxylic acids is 1. The lowest BCUT2D eigenvalue weighted by molar-refractivity contribution is 0.0691. The highest BCUT2D eigenvalue weighted by Crippen LogP contribution is 2.28. The van der Waals surface area contributed by atoms with E-state index in [1.54, 1.807) is 36.4 Å². The molecule has 2 aromatic rings. The molecule has 5 nitrogen and oxygen atoms in total. The van der Waals surface area contributed by atoms with E-state index in [9.17, 15) is 14.7 Å². The molecule has 0 amide bonds. The van der Waals surface area contributed by atoms with Gasteiger partial charge in [-0.05, 0) is 29.3 Å². The van der Waals surface area contributed by atoms with Crippen LogP contribution in [0.15, 0.2) is 42.5 Å². The van der Waals surface area contributed by atoms with E-state index < -0.39 is 17.8 Å². The van der Waals surface area contributed by atoms with Crippen LogP contribution in [0.4, 0.5) is 5.69 Å². The van der Waals surface area contributed by atoms with Gasteiger partial charge in [0.15, 0.2) is 5.78 Å². The lowest BCUT2D eigenvalue weighted by Gasteiger charge is -2.15. The Morgan fingerprint density at radius 2 is 1.77 bits per heavy atom. The smallest absolute Gasteiger partial charge is 0.336 e. The van der Waals surface area contributed by atoms with Gasteiger partial charge in [0.25, 0.3) is 0 Å². The maximum atomic E-state index is 12.5. The predicted molar refractivity (Wildman–Crippen MR) is 89.4 cm³/mol. The van der Waals surface area contributed by atoms with E-state index in [0.717, 1.165) is 0 Å². The molecule has 22 heavy (non-hydrogen) atoms. The minimum atomic E-state index is -1.17. The van der Waals surface area contributed by atoms with Gasteiger partial charge in [-0.15, -0.1) is 0 Å². The SMILES string of the molecule is Nc1ccc(-c2cccc(C(=O)O)c2C(=O)[C@@H](N)CS)cc1. The molecule has 0 aliphatic rings. The van der Waals surface area contributed by atoms with Crippen LogP contribution in [-0.2, 0) is 0 Å². The number of aromatic carboxylic acids is 1. The first kappa shape index (κ1) is 16.1.